The Morgan fingerprint density at radius 2 is 1.79 bits per heavy atom. The molecule has 11 heteroatoms. The third-order valence-electron chi connectivity index (χ3n) is 6.09. The van der Waals surface area contributed by atoms with Gasteiger partial charge < -0.3 is 14.4 Å². The van der Waals surface area contributed by atoms with Gasteiger partial charge in [0.1, 0.15) is 12.4 Å². The first-order chi connectivity index (χ1) is 16.4. The van der Waals surface area contributed by atoms with Crippen molar-refractivity contribution in [3.8, 4) is 0 Å². The molecule has 3 heterocycles. The molecule has 1 aliphatic rings. The lowest BCUT2D eigenvalue weighted by atomic mass is 10.2. The Bertz CT molecular complexity index is 1400. The van der Waals surface area contributed by atoms with E-state index >= 15 is 0 Å². The van der Waals surface area contributed by atoms with Crippen molar-refractivity contribution >= 4 is 49.2 Å². The van der Waals surface area contributed by atoms with Crippen LogP contribution in [-0.4, -0.2) is 59.3 Å². The van der Waals surface area contributed by atoms with Crippen molar-refractivity contribution < 1.29 is 14.6 Å². The van der Waals surface area contributed by atoms with E-state index in [1.807, 2.05) is 52.9 Å². The maximum Gasteiger partial charge on any atom is 0.263 e. The van der Waals surface area contributed by atoms with Crippen LogP contribution in [0, 0.1) is 0 Å². The minimum Gasteiger partial charge on any atom is -0.368 e. The second-order valence-corrected chi connectivity index (χ2v) is 10.6. The van der Waals surface area contributed by atoms with Gasteiger partial charge in [0.05, 0.1) is 4.90 Å². The molecule has 0 saturated carbocycles. The van der Waals surface area contributed by atoms with Crippen molar-refractivity contribution in [3.63, 3.8) is 0 Å². The molecule has 2 aromatic carbocycles. The van der Waals surface area contributed by atoms with Gasteiger partial charge in [0, 0.05) is 56.5 Å². The Morgan fingerprint density at radius 1 is 1.06 bits per heavy atom. The summed E-state index contributed by atoms with van der Waals surface area (Å²) in [4.78, 5) is 21.3. The van der Waals surface area contributed by atoms with Crippen LogP contribution in [-0.2, 0) is 14.8 Å². The van der Waals surface area contributed by atoms with E-state index in [1.54, 1.807) is 24.3 Å². The zero-order valence-electron chi connectivity index (χ0n) is 18.5. The van der Waals surface area contributed by atoms with Crippen molar-refractivity contribution in [2.24, 2.45) is 0 Å². The topological polar surface area (TPSA) is 100 Å². The normalized spacial score (nSPS) is 15.4. The number of carbonyl (C=O) groups is 1. The molecular weight excluding hydrogens is 472 g/mol. The summed E-state index contributed by atoms with van der Waals surface area (Å²) < 4.78 is 33.3. The number of aromatic nitrogens is 3. The first-order valence-corrected chi connectivity index (χ1v) is 13.2. The quantitative estimate of drug-likeness (QED) is 0.437. The van der Waals surface area contributed by atoms with E-state index in [-0.39, 0.29) is 23.4 Å². The second kappa shape index (κ2) is 9.07. The van der Waals surface area contributed by atoms with Crippen LogP contribution in [0.4, 0.5) is 10.8 Å². The molecule has 1 amide bonds. The average Bonchev–Trinajstić information content (AvgIpc) is 3.53. The van der Waals surface area contributed by atoms with E-state index in [9.17, 15) is 13.2 Å². The Balaban J connectivity index is 0.00000289. The lowest BCUT2D eigenvalue weighted by Crippen LogP contribution is -2.50. The van der Waals surface area contributed by atoms with Crippen LogP contribution < -0.4 is 9.62 Å². The lowest BCUT2D eigenvalue weighted by molar-refractivity contribution is -0.134. The van der Waals surface area contributed by atoms with Gasteiger partial charge in [-0.25, -0.2) is 13.4 Å². The molecule has 178 valence electrons. The third kappa shape index (κ3) is 4.36. The summed E-state index contributed by atoms with van der Waals surface area (Å²) in [6.07, 6.45) is 3.27. The van der Waals surface area contributed by atoms with Crippen LogP contribution >= 0.6 is 11.5 Å². The number of fused-ring (bicyclic) bond motifs is 1. The molecule has 0 aliphatic carbocycles. The van der Waals surface area contributed by atoms with Crippen molar-refractivity contribution in [2.75, 3.05) is 35.8 Å². The Morgan fingerprint density at radius 3 is 2.50 bits per heavy atom. The molecule has 0 radical (unpaired) electrons. The summed E-state index contributed by atoms with van der Waals surface area (Å²) in [6, 6.07) is 16.6. The fourth-order valence-electron chi connectivity index (χ4n) is 4.24. The van der Waals surface area contributed by atoms with Gasteiger partial charge in [0.15, 0.2) is 0 Å². The van der Waals surface area contributed by atoms with Crippen LogP contribution in [0.5, 0.6) is 0 Å². The van der Waals surface area contributed by atoms with Gasteiger partial charge in [0.25, 0.3) is 10.0 Å². The highest BCUT2D eigenvalue weighted by Gasteiger charge is 2.26. The molecule has 1 atom stereocenters. The maximum atomic E-state index is 13.2. The van der Waals surface area contributed by atoms with Crippen molar-refractivity contribution in [2.45, 2.75) is 17.9 Å². The van der Waals surface area contributed by atoms with Crippen molar-refractivity contribution in [1.82, 2.24) is 18.8 Å². The number of amides is 1. The van der Waals surface area contributed by atoms with Crippen molar-refractivity contribution in [1.29, 1.82) is 0 Å². The number of anilines is 2. The number of hydrogen-bond acceptors (Lipinski definition) is 7. The molecule has 1 saturated heterocycles. The van der Waals surface area contributed by atoms with Crippen LogP contribution in [0.3, 0.4) is 0 Å². The molecule has 1 N–H and O–H groups in total. The van der Waals surface area contributed by atoms with Crippen LogP contribution in [0.2, 0.25) is 0 Å². The van der Waals surface area contributed by atoms with E-state index in [1.165, 1.54) is 6.33 Å². The molecule has 4 aromatic rings. The van der Waals surface area contributed by atoms with E-state index in [2.05, 4.69) is 19.0 Å². The largest absolute Gasteiger partial charge is 0.368 e. The highest BCUT2D eigenvalue weighted by molar-refractivity contribution is 7.93. The van der Waals surface area contributed by atoms with Gasteiger partial charge in [-0.3, -0.25) is 9.52 Å². The molecular formula is C23H26N6O3S2. The lowest BCUT2D eigenvalue weighted by Gasteiger charge is -2.37. The molecule has 0 unspecified atom stereocenters. The Hall–Kier alpha value is -3.44. The fourth-order valence-corrected chi connectivity index (χ4v) is 5.90. The van der Waals surface area contributed by atoms with Crippen molar-refractivity contribution in [3.05, 3.63) is 67.1 Å². The molecule has 1 aliphatic heterocycles. The highest BCUT2D eigenvalue weighted by atomic mass is 32.2. The minimum atomic E-state index is -3.71. The van der Waals surface area contributed by atoms with Crippen LogP contribution in [0.15, 0.2) is 72.0 Å². The highest BCUT2D eigenvalue weighted by Crippen LogP contribution is 2.24. The molecule has 5 rings (SSSR count). The van der Waals surface area contributed by atoms with E-state index in [0.717, 1.165) is 28.1 Å². The zero-order chi connectivity index (χ0) is 23.7. The van der Waals surface area contributed by atoms with Gasteiger partial charge in [0.2, 0.25) is 11.0 Å². The second-order valence-electron chi connectivity index (χ2n) is 8.12. The number of piperazine rings is 1. The summed E-state index contributed by atoms with van der Waals surface area (Å²) in [5, 5.41) is 1.35. The van der Waals surface area contributed by atoms with E-state index in [0.29, 0.717) is 26.2 Å². The molecule has 9 nitrogen and oxygen atoms in total. The number of nitrogens with zero attached hydrogens (tertiary/aromatic N) is 5. The summed E-state index contributed by atoms with van der Waals surface area (Å²) in [6.45, 7) is 4.53. The predicted molar refractivity (Wildman–Crippen MR) is 135 cm³/mol. The molecule has 1 fully saturated rings. The van der Waals surface area contributed by atoms with Gasteiger partial charge in [-0.15, -0.1) is 0 Å². The smallest absolute Gasteiger partial charge is 0.263 e. The number of rotatable bonds is 6. The molecule has 0 bridgehead atoms. The first-order valence-electron chi connectivity index (χ1n) is 10.9. The summed E-state index contributed by atoms with van der Waals surface area (Å²) in [5.74, 6) is 0.102. The van der Waals surface area contributed by atoms with Gasteiger partial charge in [-0.1, -0.05) is 18.2 Å². The number of sulfonamides is 1. The SMILES string of the molecule is C[C@@H](C(=O)N1CCN(c2ccc(S(=O)(=O)Nc3ncns3)cc2)CC1)n1ccc2ccccc21.[HH]. The average molecular weight is 499 g/mol. The third-order valence-corrected chi connectivity index (χ3v) is 8.15. The van der Waals surface area contributed by atoms with E-state index < -0.39 is 10.0 Å². The maximum absolute atomic E-state index is 13.2. The van der Waals surface area contributed by atoms with Gasteiger partial charge in [-0.05, 0) is 48.7 Å². The van der Waals surface area contributed by atoms with Gasteiger partial charge in [-0.2, -0.15) is 4.37 Å². The summed E-state index contributed by atoms with van der Waals surface area (Å²) in [5.41, 5.74) is 1.98. The molecule has 0 spiro atoms. The minimum absolute atomic E-state index is 0. The number of carbonyl (C=O) groups excluding carboxylic acids is 1. The first kappa shape index (κ1) is 22.4. The molecule has 34 heavy (non-hydrogen) atoms. The monoisotopic (exact) mass is 498 g/mol. The van der Waals surface area contributed by atoms with Crippen LogP contribution in [0.25, 0.3) is 10.9 Å². The zero-order valence-corrected chi connectivity index (χ0v) is 20.2. The summed E-state index contributed by atoms with van der Waals surface area (Å²) >= 11 is 0.981. The standard InChI is InChI=1S/C23H24N6O3S2.H2/c1-17(29-11-10-18-4-2-3-5-21(18)29)22(30)28-14-12-27(13-15-28)19-6-8-20(9-7-19)34(31,32)26-23-24-16-25-33-23;/h2-11,16-17H,12-15H2,1H3,(H,24,25,26);1H/t17-;/m0./s1. The predicted octanol–water partition coefficient (Wildman–Crippen LogP) is 3.45. The number of benzene rings is 2. The van der Waals surface area contributed by atoms with Gasteiger partial charge >= 0.3 is 0 Å². The van der Waals surface area contributed by atoms with Crippen LogP contribution in [0.1, 0.15) is 14.4 Å². The number of hydrogen-bond donors (Lipinski definition) is 1. The summed E-state index contributed by atoms with van der Waals surface area (Å²) in [7, 11) is -3.71. The number of nitrogens with one attached hydrogen (secondary N) is 1. The van der Waals surface area contributed by atoms with E-state index in [4.69, 9.17) is 0 Å². The Kier molecular flexibility index (Phi) is 5.96. The number of para-hydroxylation sites is 1. The molecule has 2 aromatic heterocycles. The Labute approximate surface area is 203 Å². The fraction of sp³-hybridized carbons (Fsp3) is 0.261.